The van der Waals surface area contributed by atoms with Crippen molar-refractivity contribution in [1.82, 2.24) is 5.32 Å². The molecule has 0 aromatic rings. The van der Waals surface area contributed by atoms with E-state index in [0.29, 0.717) is 18.9 Å². The lowest BCUT2D eigenvalue weighted by Gasteiger charge is -2.09. The summed E-state index contributed by atoms with van der Waals surface area (Å²) in [5.74, 6) is 0.287. The van der Waals surface area contributed by atoms with Crippen molar-refractivity contribution in [3.8, 4) is 6.07 Å². The largest absolute Gasteiger partial charge is 0.381 e. The molecular weight excluding hydrogens is 168 g/mol. The molecule has 13 heavy (non-hydrogen) atoms. The van der Waals surface area contributed by atoms with Crippen molar-refractivity contribution in [3.05, 3.63) is 0 Å². The molecule has 0 aromatic heterocycles. The zero-order valence-electron chi connectivity index (χ0n) is 7.75. The van der Waals surface area contributed by atoms with Gasteiger partial charge in [0, 0.05) is 19.6 Å². The second-order valence-corrected chi connectivity index (χ2v) is 3.35. The highest BCUT2D eigenvalue weighted by atomic mass is 16.5. The molecule has 0 bridgehead atoms. The maximum absolute atomic E-state index is 11.3. The van der Waals surface area contributed by atoms with Gasteiger partial charge in [0.15, 0.2) is 0 Å². The lowest BCUT2D eigenvalue weighted by atomic mass is 10.0. The van der Waals surface area contributed by atoms with Crippen molar-refractivity contribution in [3.63, 3.8) is 0 Å². The third-order valence-electron chi connectivity index (χ3n) is 2.07. The Morgan fingerprint density at radius 2 is 2.62 bits per heavy atom. The highest BCUT2D eigenvalue weighted by Crippen LogP contribution is 2.15. The fourth-order valence-electron chi connectivity index (χ4n) is 1.34. The molecule has 4 nitrogen and oxygen atoms in total. The van der Waals surface area contributed by atoms with Crippen LogP contribution < -0.4 is 5.32 Å². The molecule has 0 spiro atoms. The molecular formula is C9H14N2O2. The SMILES string of the molecule is C[C@H](C#N)NC(=O)CC1CCOC1. The van der Waals surface area contributed by atoms with Gasteiger partial charge in [0.1, 0.15) is 6.04 Å². The molecule has 72 valence electrons. The van der Waals surface area contributed by atoms with Crippen LogP contribution in [0.3, 0.4) is 0 Å². The lowest BCUT2D eigenvalue weighted by molar-refractivity contribution is -0.122. The predicted molar refractivity (Wildman–Crippen MR) is 46.8 cm³/mol. The van der Waals surface area contributed by atoms with Crippen LogP contribution in [0.2, 0.25) is 0 Å². The molecule has 1 heterocycles. The average Bonchev–Trinajstić information content (AvgIpc) is 2.56. The number of rotatable bonds is 3. The van der Waals surface area contributed by atoms with Gasteiger partial charge >= 0.3 is 0 Å². The Morgan fingerprint density at radius 1 is 1.85 bits per heavy atom. The van der Waals surface area contributed by atoms with E-state index in [4.69, 9.17) is 10.00 Å². The molecule has 4 heteroatoms. The van der Waals surface area contributed by atoms with Gasteiger partial charge in [-0.1, -0.05) is 0 Å². The molecule has 0 saturated carbocycles. The van der Waals surface area contributed by atoms with E-state index in [1.54, 1.807) is 6.92 Å². The Labute approximate surface area is 77.9 Å². The van der Waals surface area contributed by atoms with Gasteiger partial charge in [-0.2, -0.15) is 5.26 Å². The number of ether oxygens (including phenoxy) is 1. The van der Waals surface area contributed by atoms with Crippen LogP contribution in [0.15, 0.2) is 0 Å². The van der Waals surface area contributed by atoms with Gasteiger partial charge in [0.2, 0.25) is 5.91 Å². The standard InChI is InChI=1S/C9H14N2O2/c1-7(5-10)11-9(12)4-8-2-3-13-6-8/h7-8H,2-4,6H2,1H3,(H,11,12)/t7-,8?/m1/s1. The molecule has 1 unspecified atom stereocenters. The van der Waals surface area contributed by atoms with Crippen molar-refractivity contribution in [2.75, 3.05) is 13.2 Å². The van der Waals surface area contributed by atoms with E-state index in [9.17, 15) is 4.79 Å². The molecule has 2 atom stereocenters. The van der Waals surface area contributed by atoms with Crippen molar-refractivity contribution in [2.24, 2.45) is 5.92 Å². The quantitative estimate of drug-likeness (QED) is 0.689. The first-order valence-electron chi connectivity index (χ1n) is 4.49. The van der Waals surface area contributed by atoms with E-state index in [2.05, 4.69) is 5.32 Å². The summed E-state index contributed by atoms with van der Waals surface area (Å²) in [5, 5.41) is 11.1. The minimum atomic E-state index is -0.394. The molecule has 1 aliphatic heterocycles. The number of carbonyl (C=O) groups is 1. The zero-order chi connectivity index (χ0) is 9.68. The Kier molecular flexibility index (Phi) is 3.71. The minimum absolute atomic E-state index is 0.0513. The maximum atomic E-state index is 11.3. The van der Waals surface area contributed by atoms with E-state index >= 15 is 0 Å². The summed E-state index contributed by atoms with van der Waals surface area (Å²) in [6.45, 7) is 3.10. The monoisotopic (exact) mass is 182 g/mol. The third kappa shape index (κ3) is 3.43. The smallest absolute Gasteiger partial charge is 0.221 e. The third-order valence-corrected chi connectivity index (χ3v) is 2.07. The van der Waals surface area contributed by atoms with Crippen LogP contribution in [-0.2, 0) is 9.53 Å². The average molecular weight is 182 g/mol. The van der Waals surface area contributed by atoms with Gasteiger partial charge in [-0.05, 0) is 19.3 Å². The number of nitriles is 1. The molecule has 0 aliphatic carbocycles. The van der Waals surface area contributed by atoms with Crippen LogP contribution in [-0.4, -0.2) is 25.2 Å². The van der Waals surface area contributed by atoms with Crippen LogP contribution in [0.5, 0.6) is 0 Å². The van der Waals surface area contributed by atoms with E-state index in [-0.39, 0.29) is 5.91 Å². The minimum Gasteiger partial charge on any atom is -0.381 e. The maximum Gasteiger partial charge on any atom is 0.221 e. The predicted octanol–water partition coefficient (Wildman–Crippen LogP) is 0.441. The first-order chi connectivity index (χ1) is 6.22. The Balaban J connectivity index is 2.21. The highest BCUT2D eigenvalue weighted by molar-refractivity contribution is 5.76. The molecule has 1 fully saturated rings. The first kappa shape index (κ1) is 10.0. The summed E-state index contributed by atoms with van der Waals surface area (Å²) in [5.41, 5.74) is 0. The number of hydrogen-bond donors (Lipinski definition) is 1. The van der Waals surface area contributed by atoms with E-state index in [0.717, 1.165) is 13.0 Å². The summed E-state index contributed by atoms with van der Waals surface area (Å²) in [7, 11) is 0. The Bertz CT molecular complexity index is 216. The van der Waals surface area contributed by atoms with Crippen LogP contribution in [0.1, 0.15) is 19.8 Å². The van der Waals surface area contributed by atoms with Gasteiger partial charge in [-0.25, -0.2) is 0 Å². The molecule has 1 saturated heterocycles. The second-order valence-electron chi connectivity index (χ2n) is 3.35. The van der Waals surface area contributed by atoms with Crippen LogP contribution in [0.25, 0.3) is 0 Å². The van der Waals surface area contributed by atoms with Gasteiger partial charge in [0.05, 0.1) is 6.07 Å². The second kappa shape index (κ2) is 4.83. The highest BCUT2D eigenvalue weighted by Gasteiger charge is 2.19. The summed E-state index contributed by atoms with van der Waals surface area (Å²) in [6.07, 6.45) is 1.43. The molecule has 1 amide bonds. The number of carbonyl (C=O) groups excluding carboxylic acids is 1. The van der Waals surface area contributed by atoms with Crippen LogP contribution >= 0.6 is 0 Å². The van der Waals surface area contributed by atoms with Crippen LogP contribution in [0, 0.1) is 17.2 Å². The van der Waals surface area contributed by atoms with Gasteiger partial charge in [-0.15, -0.1) is 0 Å². The number of nitrogens with zero attached hydrogens (tertiary/aromatic N) is 1. The van der Waals surface area contributed by atoms with E-state index in [1.807, 2.05) is 6.07 Å². The van der Waals surface area contributed by atoms with Gasteiger partial charge in [0.25, 0.3) is 0 Å². The summed E-state index contributed by atoms with van der Waals surface area (Å²) in [6, 6.07) is 1.56. The summed E-state index contributed by atoms with van der Waals surface area (Å²) in [4.78, 5) is 11.3. The Morgan fingerprint density at radius 3 is 3.15 bits per heavy atom. The summed E-state index contributed by atoms with van der Waals surface area (Å²) < 4.78 is 5.14. The lowest BCUT2D eigenvalue weighted by Crippen LogP contribution is -2.32. The number of hydrogen-bond acceptors (Lipinski definition) is 3. The van der Waals surface area contributed by atoms with E-state index in [1.165, 1.54) is 0 Å². The summed E-state index contributed by atoms with van der Waals surface area (Å²) >= 11 is 0. The van der Waals surface area contributed by atoms with Crippen molar-refractivity contribution < 1.29 is 9.53 Å². The normalized spacial score (nSPS) is 23.5. The molecule has 1 N–H and O–H groups in total. The fraction of sp³-hybridized carbons (Fsp3) is 0.778. The number of amides is 1. The van der Waals surface area contributed by atoms with E-state index < -0.39 is 6.04 Å². The van der Waals surface area contributed by atoms with Crippen molar-refractivity contribution >= 4 is 5.91 Å². The topological polar surface area (TPSA) is 62.1 Å². The molecule has 1 rings (SSSR count). The van der Waals surface area contributed by atoms with Crippen LogP contribution in [0.4, 0.5) is 0 Å². The van der Waals surface area contributed by atoms with Gasteiger partial charge in [-0.3, -0.25) is 4.79 Å². The van der Waals surface area contributed by atoms with Crippen molar-refractivity contribution in [2.45, 2.75) is 25.8 Å². The van der Waals surface area contributed by atoms with Crippen molar-refractivity contribution in [1.29, 1.82) is 5.26 Å². The molecule has 1 aliphatic rings. The number of nitrogens with one attached hydrogen (secondary N) is 1. The zero-order valence-corrected chi connectivity index (χ0v) is 7.75. The fourth-order valence-corrected chi connectivity index (χ4v) is 1.34. The first-order valence-corrected chi connectivity index (χ1v) is 4.49. The molecule has 0 aromatic carbocycles. The Hall–Kier alpha value is -1.08. The van der Waals surface area contributed by atoms with Gasteiger partial charge < -0.3 is 10.1 Å². The molecule has 0 radical (unpaired) electrons.